The largest absolute Gasteiger partial charge is 0.479 e. The number of aromatic nitrogens is 4. The highest BCUT2D eigenvalue weighted by atomic mass is 16.4. The fourth-order valence-corrected chi connectivity index (χ4v) is 2.12. The zero-order valence-electron chi connectivity index (χ0n) is 11.4. The molecule has 1 amide bonds. The number of hydrogen-bond acceptors (Lipinski definition) is 6. The molecule has 3 N–H and O–H groups in total. The molecule has 0 aliphatic heterocycles. The molecule has 1 aromatic carbocycles. The van der Waals surface area contributed by atoms with Crippen molar-refractivity contribution in [1.82, 2.24) is 25.9 Å². The van der Waals surface area contributed by atoms with Crippen LogP contribution in [-0.2, 0) is 4.79 Å². The van der Waals surface area contributed by atoms with Gasteiger partial charge in [-0.2, -0.15) is 5.21 Å². The number of nitrogens with one attached hydrogen (secondary N) is 2. The number of hydrogen-bond donors (Lipinski definition) is 3. The molecule has 9 heteroatoms. The Hall–Kier alpha value is -3.23. The van der Waals surface area contributed by atoms with Gasteiger partial charge in [0.15, 0.2) is 6.04 Å². The van der Waals surface area contributed by atoms with E-state index in [-0.39, 0.29) is 5.82 Å². The molecule has 0 saturated heterocycles. The number of carbonyl (C=O) groups is 2. The predicted molar refractivity (Wildman–Crippen MR) is 73.0 cm³/mol. The van der Waals surface area contributed by atoms with Gasteiger partial charge in [-0.05, 0) is 25.1 Å². The number of aryl methyl sites for hydroxylation is 1. The van der Waals surface area contributed by atoms with Crippen LogP contribution in [0.3, 0.4) is 0 Å². The van der Waals surface area contributed by atoms with E-state index in [0.29, 0.717) is 22.3 Å². The normalized spacial score (nSPS) is 12.2. The first-order valence-corrected chi connectivity index (χ1v) is 6.32. The number of amides is 1. The van der Waals surface area contributed by atoms with E-state index < -0.39 is 17.9 Å². The molecule has 0 radical (unpaired) electrons. The van der Waals surface area contributed by atoms with Gasteiger partial charge in [0.05, 0.1) is 5.56 Å². The van der Waals surface area contributed by atoms with E-state index in [9.17, 15) is 14.7 Å². The van der Waals surface area contributed by atoms with Crippen molar-refractivity contribution < 1.29 is 19.1 Å². The van der Waals surface area contributed by atoms with Crippen molar-refractivity contribution in [2.24, 2.45) is 0 Å². The van der Waals surface area contributed by atoms with Crippen molar-refractivity contribution >= 4 is 22.8 Å². The van der Waals surface area contributed by atoms with Gasteiger partial charge >= 0.3 is 5.97 Å². The van der Waals surface area contributed by atoms with E-state index in [4.69, 9.17) is 4.42 Å². The fourth-order valence-electron chi connectivity index (χ4n) is 2.12. The van der Waals surface area contributed by atoms with Crippen LogP contribution in [0.5, 0.6) is 0 Å². The lowest BCUT2D eigenvalue weighted by atomic mass is 10.1. The third-order valence-electron chi connectivity index (χ3n) is 3.07. The van der Waals surface area contributed by atoms with E-state index in [2.05, 4.69) is 25.9 Å². The van der Waals surface area contributed by atoms with Gasteiger partial charge < -0.3 is 14.8 Å². The van der Waals surface area contributed by atoms with Gasteiger partial charge in [0.25, 0.3) is 5.91 Å². The van der Waals surface area contributed by atoms with Crippen LogP contribution in [0.2, 0.25) is 0 Å². The Morgan fingerprint density at radius 1 is 1.41 bits per heavy atom. The molecule has 2 aromatic heterocycles. The summed E-state index contributed by atoms with van der Waals surface area (Å²) in [7, 11) is 0. The average molecular weight is 301 g/mol. The molecule has 0 aliphatic rings. The predicted octanol–water partition coefficient (Wildman–Crippen LogP) is 0.810. The quantitative estimate of drug-likeness (QED) is 0.649. The van der Waals surface area contributed by atoms with Crippen LogP contribution in [0.25, 0.3) is 11.0 Å². The molecule has 112 valence electrons. The van der Waals surface area contributed by atoms with Crippen molar-refractivity contribution in [2.45, 2.75) is 13.0 Å². The molecular weight excluding hydrogens is 290 g/mol. The number of furan rings is 1. The summed E-state index contributed by atoms with van der Waals surface area (Å²) in [6.45, 7) is 1.76. The Morgan fingerprint density at radius 2 is 2.23 bits per heavy atom. The number of rotatable bonds is 4. The van der Waals surface area contributed by atoms with Crippen molar-refractivity contribution in [2.75, 3.05) is 0 Å². The fraction of sp³-hybridized carbons (Fsp3) is 0.154. The number of H-pyrrole nitrogens is 1. The topological polar surface area (TPSA) is 134 Å². The first-order valence-electron chi connectivity index (χ1n) is 6.32. The van der Waals surface area contributed by atoms with Crippen LogP contribution < -0.4 is 5.32 Å². The molecule has 0 aliphatic carbocycles. The van der Waals surface area contributed by atoms with Gasteiger partial charge in [-0.25, -0.2) is 4.79 Å². The van der Waals surface area contributed by atoms with E-state index in [1.165, 1.54) is 0 Å². The molecule has 0 bridgehead atoms. The van der Waals surface area contributed by atoms with Crippen molar-refractivity contribution in [3.8, 4) is 0 Å². The maximum atomic E-state index is 12.4. The Labute approximate surface area is 123 Å². The number of fused-ring (bicyclic) bond motifs is 1. The molecule has 2 heterocycles. The second kappa shape index (κ2) is 5.28. The average Bonchev–Trinajstić information content (AvgIpc) is 3.11. The number of benzene rings is 1. The molecule has 0 spiro atoms. The first-order chi connectivity index (χ1) is 10.6. The summed E-state index contributed by atoms with van der Waals surface area (Å²) >= 11 is 0. The van der Waals surface area contributed by atoms with Crippen molar-refractivity contribution in [3.05, 3.63) is 41.4 Å². The second-order valence-corrected chi connectivity index (χ2v) is 4.59. The number of aromatic amines is 1. The summed E-state index contributed by atoms with van der Waals surface area (Å²) < 4.78 is 5.45. The van der Waals surface area contributed by atoms with E-state index >= 15 is 0 Å². The maximum Gasteiger partial charge on any atom is 0.334 e. The highest BCUT2D eigenvalue weighted by molar-refractivity contribution is 6.07. The number of carboxylic acids is 1. The molecule has 0 saturated carbocycles. The number of carbonyl (C=O) groups excluding carboxylic acids is 1. The Morgan fingerprint density at radius 3 is 2.91 bits per heavy atom. The Balaban J connectivity index is 1.94. The summed E-state index contributed by atoms with van der Waals surface area (Å²) in [5.41, 5.74) is 0.862. The van der Waals surface area contributed by atoms with E-state index in [1.807, 2.05) is 0 Å². The molecule has 1 atom stereocenters. The van der Waals surface area contributed by atoms with Gasteiger partial charge in [-0.1, -0.05) is 11.3 Å². The van der Waals surface area contributed by atoms with E-state index in [0.717, 1.165) is 0 Å². The van der Waals surface area contributed by atoms with Crippen molar-refractivity contribution in [1.29, 1.82) is 0 Å². The van der Waals surface area contributed by atoms with Crippen LogP contribution in [0.15, 0.2) is 28.7 Å². The zero-order chi connectivity index (χ0) is 15.7. The molecule has 3 rings (SSSR count). The number of tetrazole rings is 1. The lowest BCUT2D eigenvalue weighted by Gasteiger charge is -2.11. The highest BCUT2D eigenvalue weighted by Crippen LogP contribution is 2.23. The summed E-state index contributed by atoms with van der Waals surface area (Å²) in [5, 5.41) is 24.8. The van der Waals surface area contributed by atoms with Crippen LogP contribution in [0, 0.1) is 6.92 Å². The third-order valence-corrected chi connectivity index (χ3v) is 3.07. The monoisotopic (exact) mass is 301 g/mol. The maximum absolute atomic E-state index is 12.4. The number of carboxylic acid groups (broad SMARTS) is 1. The van der Waals surface area contributed by atoms with Crippen LogP contribution in [0.4, 0.5) is 0 Å². The first kappa shape index (κ1) is 13.7. The van der Waals surface area contributed by atoms with Crippen molar-refractivity contribution in [3.63, 3.8) is 0 Å². The minimum Gasteiger partial charge on any atom is -0.479 e. The summed E-state index contributed by atoms with van der Waals surface area (Å²) in [5.74, 6) is -1.33. The Bertz CT molecular complexity index is 839. The minimum atomic E-state index is -1.39. The summed E-state index contributed by atoms with van der Waals surface area (Å²) in [6, 6.07) is 5.29. The van der Waals surface area contributed by atoms with E-state index in [1.54, 1.807) is 31.2 Å². The number of nitrogens with zero attached hydrogens (tertiary/aromatic N) is 3. The molecule has 9 nitrogen and oxygen atoms in total. The van der Waals surface area contributed by atoms with Crippen LogP contribution >= 0.6 is 0 Å². The third kappa shape index (κ3) is 2.39. The Kier molecular flexibility index (Phi) is 3.30. The minimum absolute atomic E-state index is 0.128. The lowest BCUT2D eigenvalue weighted by molar-refractivity contribution is -0.139. The summed E-state index contributed by atoms with van der Waals surface area (Å²) in [6.07, 6.45) is 0. The molecule has 3 aromatic rings. The van der Waals surface area contributed by atoms with Crippen LogP contribution in [0.1, 0.15) is 28.0 Å². The van der Waals surface area contributed by atoms with Gasteiger partial charge in [0.1, 0.15) is 11.3 Å². The molecule has 1 unspecified atom stereocenters. The standard InChI is InChI=1S/C13H11N5O4/c1-6-5-8-7(3-2-4-9(8)22-6)12(19)14-10(13(20)21)11-15-17-18-16-11/h2-5,10H,1H3,(H,14,19)(H,20,21)(H,15,16,17,18). The number of aliphatic carboxylic acids is 1. The lowest BCUT2D eigenvalue weighted by Crippen LogP contribution is -2.34. The van der Waals surface area contributed by atoms with Crippen LogP contribution in [-0.4, -0.2) is 37.6 Å². The van der Waals surface area contributed by atoms with Gasteiger partial charge in [-0.3, -0.25) is 4.79 Å². The molecule has 0 fully saturated rings. The van der Waals surface area contributed by atoms with Gasteiger partial charge in [0, 0.05) is 5.39 Å². The second-order valence-electron chi connectivity index (χ2n) is 4.59. The van der Waals surface area contributed by atoms with Gasteiger partial charge in [-0.15, -0.1) is 10.2 Å². The highest BCUT2D eigenvalue weighted by Gasteiger charge is 2.27. The molecular formula is C13H11N5O4. The molecule has 22 heavy (non-hydrogen) atoms. The smallest absolute Gasteiger partial charge is 0.334 e. The summed E-state index contributed by atoms with van der Waals surface area (Å²) in [4.78, 5) is 23.7. The SMILES string of the molecule is Cc1cc2c(C(=O)NC(C(=O)O)c3nn[nH]n3)cccc2o1. The zero-order valence-corrected chi connectivity index (χ0v) is 11.4. The van der Waals surface area contributed by atoms with Gasteiger partial charge in [0.2, 0.25) is 5.82 Å².